The summed E-state index contributed by atoms with van der Waals surface area (Å²) < 4.78 is 5.45. The molecular formula is C18H26N2O2. The molecule has 2 aliphatic rings. The van der Waals surface area contributed by atoms with Crippen LogP contribution in [-0.2, 0) is 14.9 Å². The van der Waals surface area contributed by atoms with Gasteiger partial charge in [-0.1, -0.05) is 43.2 Å². The number of hydrogen-bond acceptors (Lipinski definition) is 3. The van der Waals surface area contributed by atoms with Gasteiger partial charge in [0.25, 0.3) is 0 Å². The minimum Gasteiger partial charge on any atom is -0.378 e. The summed E-state index contributed by atoms with van der Waals surface area (Å²) in [5.74, 6) is 0.101. The summed E-state index contributed by atoms with van der Waals surface area (Å²) in [4.78, 5) is 14.6. The fourth-order valence-electron chi connectivity index (χ4n) is 3.75. The molecule has 4 heteroatoms. The van der Waals surface area contributed by atoms with Gasteiger partial charge in [-0.05, 0) is 25.5 Å². The molecule has 1 heterocycles. The lowest BCUT2D eigenvalue weighted by molar-refractivity contribution is -0.131. The van der Waals surface area contributed by atoms with Crippen molar-refractivity contribution in [2.75, 3.05) is 33.4 Å². The maximum Gasteiger partial charge on any atom is 0.239 e. The van der Waals surface area contributed by atoms with Crippen LogP contribution in [0.25, 0.3) is 0 Å². The number of hydrogen-bond donors (Lipinski definition) is 1. The van der Waals surface area contributed by atoms with Gasteiger partial charge < -0.3 is 10.1 Å². The smallest absolute Gasteiger partial charge is 0.239 e. The average molecular weight is 302 g/mol. The second-order valence-electron chi connectivity index (χ2n) is 6.64. The molecular weight excluding hydrogens is 276 g/mol. The second kappa shape index (κ2) is 6.80. The van der Waals surface area contributed by atoms with Gasteiger partial charge in [0.2, 0.25) is 5.91 Å². The lowest BCUT2D eigenvalue weighted by Gasteiger charge is -2.34. The van der Waals surface area contributed by atoms with Gasteiger partial charge in [-0.15, -0.1) is 0 Å². The lowest BCUT2D eigenvalue weighted by Crippen LogP contribution is -2.53. The predicted molar refractivity (Wildman–Crippen MR) is 86.8 cm³/mol. The van der Waals surface area contributed by atoms with Gasteiger partial charge in [0.1, 0.15) is 6.04 Å². The van der Waals surface area contributed by atoms with Crippen molar-refractivity contribution in [3.8, 4) is 0 Å². The SMILES string of the molecule is CN1CCOC[C@@H]1C(=O)NCC1(c2ccccc2)CCCC1. The third-order valence-corrected chi connectivity index (χ3v) is 5.25. The topological polar surface area (TPSA) is 41.6 Å². The number of benzene rings is 1. The molecule has 2 fully saturated rings. The van der Waals surface area contributed by atoms with E-state index in [-0.39, 0.29) is 17.4 Å². The molecule has 0 unspecified atom stereocenters. The van der Waals surface area contributed by atoms with E-state index in [4.69, 9.17) is 4.74 Å². The highest BCUT2D eigenvalue weighted by Crippen LogP contribution is 2.40. The van der Waals surface area contributed by atoms with Gasteiger partial charge in [0, 0.05) is 18.5 Å². The number of carbonyl (C=O) groups excluding carboxylic acids is 1. The third-order valence-electron chi connectivity index (χ3n) is 5.25. The van der Waals surface area contributed by atoms with E-state index in [1.165, 1.54) is 18.4 Å². The predicted octanol–water partition coefficient (Wildman–Crippen LogP) is 1.95. The second-order valence-corrected chi connectivity index (χ2v) is 6.64. The molecule has 0 radical (unpaired) electrons. The quantitative estimate of drug-likeness (QED) is 0.924. The van der Waals surface area contributed by atoms with Crippen LogP contribution in [0.15, 0.2) is 30.3 Å². The molecule has 1 aliphatic carbocycles. The Labute approximate surface area is 132 Å². The van der Waals surface area contributed by atoms with Crippen LogP contribution in [0, 0.1) is 0 Å². The van der Waals surface area contributed by atoms with E-state index in [0.29, 0.717) is 13.2 Å². The van der Waals surface area contributed by atoms with Gasteiger partial charge in [-0.2, -0.15) is 0 Å². The molecule has 1 amide bonds. The van der Waals surface area contributed by atoms with Gasteiger partial charge >= 0.3 is 0 Å². The Kier molecular flexibility index (Phi) is 4.79. The van der Waals surface area contributed by atoms with E-state index >= 15 is 0 Å². The average Bonchev–Trinajstić information content (AvgIpc) is 3.04. The minimum atomic E-state index is -0.150. The molecule has 0 spiro atoms. The first-order valence-corrected chi connectivity index (χ1v) is 8.32. The summed E-state index contributed by atoms with van der Waals surface area (Å²) in [6.07, 6.45) is 4.82. The number of carbonyl (C=O) groups is 1. The van der Waals surface area contributed by atoms with Crippen molar-refractivity contribution in [2.24, 2.45) is 0 Å². The van der Waals surface area contributed by atoms with E-state index in [2.05, 4.69) is 40.5 Å². The maximum absolute atomic E-state index is 12.5. The Balaban J connectivity index is 1.66. The van der Waals surface area contributed by atoms with Crippen LogP contribution in [0.2, 0.25) is 0 Å². The van der Waals surface area contributed by atoms with E-state index in [0.717, 1.165) is 25.9 Å². The normalized spacial score (nSPS) is 25.0. The first-order valence-electron chi connectivity index (χ1n) is 8.32. The molecule has 120 valence electrons. The molecule has 1 aromatic carbocycles. The van der Waals surface area contributed by atoms with Crippen molar-refractivity contribution in [3.05, 3.63) is 35.9 Å². The highest BCUT2D eigenvalue weighted by Gasteiger charge is 2.37. The molecule has 3 rings (SSSR count). The standard InChI is InChI=1S/C18H26N2O2/c1-20-11-12-22-13-16(20)17(21)19-14-18(9-5-6-10-18)15-7-3-2-4-8-15/h2-4,7-8,16H,5-6,9-14H2,1H3,(H,19,21)/t16-/m1/s1. The first-order chi connectivity index (χ1) is 10.7. The Morgan fingerprint density at radius 3 is 2.73 bits per heavy atom. The molecule has 0 bridgehead atoms. The summed E-state index contributed by atoms with van der Waals surface area (Å²) in [5, 5.41) is 3.20. The number of rotatable bonds is 4. The number of ether oxygens (including phenoxy) is 1. The molecule has 1 atom stereocenters. The fourth-order valence-corrected chi connectivity index (χ4v) is 3.75. The van der Waals surface area contributed by atoms with E-state index in [1.54, 1.807) is 0 Å². The van der Waals surface area contributed by atoms with Crippen LogP contribution < -0.4 is 5.32 Å². The Hall–Kier alpha value is -1.39. The van der Waals surface area contributed by atoms with E-state index < -0.39 is 0 Å². The summed E-state index contributed by atoms with van der Waals surface area (Å²) >= 11 is 0. The van der Waals surface area contributed by atoms with Crippen molar-refractivity contribution < 1.29 is 9.53 Å². The molecule has 22 heavy (non-hydrogen) atoms. The molecule has 1 N–H and O–H groups in total. The molecule has 4 nitrogen and oxygen atoms in total. The number of amides is 1. The Morgan fingerprint density at radius 1 is 1.32 bits per heavy atom. The van der Waals surface area contributed by atoms with Gasteiger partial charge in [0.05, 0.1) is 13.2 Å². The molecule has 1 aromatic rings. The largest absolute Gasteiger partial charge is 0.378 e. The summed E-state index contributed by atoms with van der Waals surface area (Å²) in [5.41, 5.74) is 1.48. The van der Waals surface area contributed by atoms with Crippen LogP contribution in [0.1, 0.15) is 31.2 Å². The zero-order valence-corrected chi connectivity index (χ0v) is 13.4. The third kappa shape index (κ3) is 3.18. The molecule has 1 saturated heterocycles. The van der Waals surface area contributed by atoms with Crippen LogP contribution in [0.3, 0.4) is 0 Å². The van der Waals surface area contributed by atoms with Crippen molar-refractivity contribution in [2.45, 2.75) is 37.1 Å². The maximum atomic E-state index is 12.5. The number of nitrogens with one attached hydrogen (secondary N) is 1. The van der Waals surface area contributed by atoms with Crippen molar-refractivity contribution in [1.29, 1.82) is 0 Å². The van der Waals surface area contributed by atoms with Crippen LogP contribution in [0.5, 0.6) is 0 Å². The number of nitrogens with zero attached hydrogens (tertiary/aromatic N) is 1. The number of morpholine rings is 1. The fraction of sp³-hybridized carbons (Fsp3) is 0.611. The molecule has 1 saturated carbocycles. The molecule has 0 aromatic heterocycles. The Morgan fingerprint density at radius 2 is 2.05 bits per heavy atom. The van der Waals surface area contributed by atoms with Crippen LogP contribution in [0.4, 0.5) is 0 Å². The highest BCUT2D eigenvalue weighted by molar-refractivity contribution is 5.82. The van der Waals surface area contributed by atoms with Crippen molar-refractivity contribution >= 4 is 5.91 Å². The van der Waals surface area contributed by atoms with Gasteiger partial charge in [-0.3, -0.25) is 9.69 Å². The minimum absolute atomic E-state index is 0.101. The van der Waals surface area contributed by atoms with Crippen LogP contribution in [-0.4, -0.2) is 50.2 Å². The zero-order valence-electron chi connectivity index (χ0n) is 13.4. The zero-order chi connectivity index (χ0) is 15.4. The summed E-state index contributed by atoms with van der Waals surface area (Å²) in [7, 11) is 2.00. The molecule has 1 aliphatic heterocycles. The van der Waals surface area contributed by atoms with E-state index in [9.17, 15) is 4.79 Å². The van der Waals surface area contributed by atoms with Gasteiger partial charge in [-0.25, -0.2) is 0 Å². The van der Waals surface area contributed by atoms with E-state index in [1.807, 2.05) is 7.05 Å². The van der Waals surface area contributed by atoms with Crippen molar-refractivity contribution in [1.82, 2.24) is 10.2 Å². The number of likely N-dealkylation sites (N-methyl/N-ethyl adjacent to an activating group) is 1. The van der Waals surface area contributed by atoms with Gasteiger partial charge in [0.15, 0.2) is 0 Å². The van der Waals surface area contributed by atoms with Crippen molar-refractivity contribution in [3.63, 3.8) is 0 Å². The summed E-state index contributed by atoms with van der Waals surface area (Å²) in [6.45, 7) is 2.77. The lowest BCUT2D eigenvalue weighted by atomic mass is 9.79. The summed E-state index contributed by atoms with van der Waals surface area (Å²) in [6, 6.07) is 10.5. The first kappa shape index (κ1) is 15.5. The highest BCUT2D eigenvalue weighted by atomic mass is 16.5. The Bertz CT molecular complexity index is 497. The van der Waals surface area contributed by atoms with Crippen LogP contribution >= 0.6 is 0 Å². The monoisotopic (exact) mass is 302 g/mol.